The van der Waals surface area contributed by atoms with Gasteiger partial charge in [0.25, 0.3) is 0 Å². The topological polar surface area (TPSA) is 65.0 Å². The van der Waals surface area contributed by atoms with Gasteiger partial charge in [0.05, 0.1) is 14.2 Å². The highest BCUT2D eigenvalue weighted by molar-refractivity contribution is 5.91. The summed E-state index contributed by atoms with van der Waals surface area (Å²) in [7, 11) is 3.34. The van der Waals surface area contributed by atoms with Gasteiger partial charge < -0.3 is 19.3 Å². The second-order valence-corrected chi connectivity index (χ2v) is 6.60. The normalized spacial score (nSPS) is 10.9. The molecule has 0 saturated heterocycles. The molecule has 0 unspecified atom stereocenters. The number of ether oxygens (including phenoxy) is 3. The average molecular weight is 444 g/mol. The molecule has 0 aromatic heterocycles. The van der Waals surface area contributed by atoms with E-state index < -0.39 is 12.1 Å². The van der Waals surface area contributed by atoms with Crippen molar-refractivity contribution >= 4 is 27.5 Å². The van der Waals surface area contributed by atoms with Crippen LogP contribution < -0.4 is 14.2 Å². The van der Waals surface area contributed by atoms with Crippen LogP contribution in [0.4, 0.5) is 13.2 Å². The molecule has 4 aromatic carbocycles. The molecule has 4 rings (SSSR count). The van der Waals surface area contributed by atoms with Gasteiger partial charge >= 0.3 is 12.1 Å². The van der Waals surface area contributed by atoms with E-state index in [1.165, 1.54) is 0 Å². The first-order chi connectivity index (χ1) is 15.2. The summed E-state index contributed by atoms with van der Waals surface area (Å²) in [5.74, 6) is 0.287. The first-order valence-electron chi connectivity index (χ1n) is 9.34. The van der Waals surface area contributed by atoms with Crippen molar-refractivity contribution in [2.75, 3.05) is 14.2 Å². The summed E-state index contributed by atoms with van der Waals surface area (Å²) in [5, 5.41) is 11.4. The largest absolute Gasteiger partial charge is 0.496 e. The minimum atomic E-state index is -5.08. The lowest BCUT2D eigenvalue weighted by Crippen LogP contribution is -2.21. The molecule has 1 N–H and O–H groups in total. The van der Waals surface area contributed by atoms with Crippen LogP contribution in [0.5, 0.6) is 23.0 Å². The Bertz CT molecular complexity index is 1170. The molecule has 0 atom stereocenters. The summed E-state index contributed by atoms with van der Waals surface area (Å²) < 4.78 is 48.9. The Balaban J connectivity index is 0.000000360. The van der Waals surface area contributed by atoms with Gasteiger partial charge in [0.15, 0.2) is 0 Å². The van der Waals surface area contributed by atoms with E-state index in [0.717, 1.165) is 44.5 Å². The lowest BCUT2D eigenvalue weighted by molar-refractivity contribution is -0.192. The molecule has 0 bridgehead atoms. The van der Waals surface area contributed by atoms with E-state index in [1.807, 2.05) is 72.8 Å². The lowest BCUT2D eigenvalue weighted by atomic mass is 10.1. The molecule has 166 valence electrons. The SMILES string of the molecule is COc1cc(Oc2cc(OC)c3ccccc3c2)cc2ccccc12.O=C(O)C(F)(F)F. The highest BCUT2D eigenvalue weighted by Crippen LogP contribution is 2.36. The highest BCUT2D eigenvalue weighted by Gasteiger charge is 2.38. The monoisotopic (exact) mass is 444 g/mol. The molecule has 32 heavy (non-hydrogen) atoms. The second kappa shape index (κ2) is 9.47. The van der Waals surface area contributed by atoms with Gasteiger partial charge in [0, 0.05) is 22.9 Å². The maximum atomic E-state index is 10.6. The molecular weight excluding hydrogens is 425 g/mol. The molecule has 0 fully saturated rings. The van der Waals surface area contributed by atoms with E-state index in [9.17, 15) is 13.2 Å². The Hall–Kier alpha value is -3.94. The van der Waals surface area contributed by atoms with Crippen LogP contribution in [-0.2, 0) is 4.79 Å². The fraction of sp³-hybridized carbons (Fsp3) is 0.125. The fourth-order valence-electron chi connectivity index (χ4n) is 3.09. The number of halogens is 3. The Morgan fingerprint density at radius 1 is 0.750 bits per heavy atom. The molecule has 0 aliphatic rings. The zero-order valence-corrected chi connectivity index (χ0v) is 17.1. The number of carboxylic acids is 1. The summed E-state index contributed by atoms with van der Waals surface area (Å²) >= 11 is 0. The third kappa shape index (κ3) is 5.21. The minimum absolute atomic E-state index is 0.730. The smallest absolute Gasteiger partial charge is 0.490 e. The Labute approximate surface area is 181 Å². The van der Waals surface area contributed by atoms with Crippen LogP contribution in [0.25, 0.3) is 21.5 Å². The third-order valence-corrected chi connectivity index (χ3v) is 4.51. The fourth-order valence-corrected chi connectivity index (χ4v) is 3.09. The average Bonchev–Trinajstić information content (AvgIpc) is 2.77. The molecule has 4 aromatic rings. The Morgan fingerprint density at radius 3 is 1.47 bits per heavy atom. The maximum Gasteiger partial charge on any atom is 0.490 e. The van der Waals surface area contributed by atoms with Crippen LogP contribution in [0.1, 0.15) is 0 Å². The van der Waals surface area contributed by atoms with Crippen molar-refractivity contribution in [1.29, 1.82) is 0 Å². The van der Waals surface area contributed by atoms with Crippen molar-refractivity contribution in [3.05, 3.63) is 72.8 Å². The summed E-state index contributed by atoms with van der Waals surface area (Å²) in [4.78, 5) is 8.90. The van der Waals surface area contributed by atoms with Gasteiger partial charge in [-0.25, -0.2) is 4.79 Å². The van der Waals surface area contributed by atoms with Gasteiger partial charge in [-0.05, 0) is 22.9 Å². The number of hydrogen-bond acceptors (Lipinski definition) is 4. The Kier molecular flexibility index (Phi) is 6.73. The van der Waals surface area contributed by atoms with Crippen LogP contribution in [0, 0.1) is 0 Å². The number of fused-ring (bicyclic) bond motifs is 2. The Morgan fingerprint density at radius 2 is 1.12 bits per heavy atom. The number of alkyl halides is 3. The third-order valence-electron chi connectivity index (χ3n) is 4.51. The predicted octanol–water partition coefficient (Wildman–Crippen LogP) is 6.44. The van der Waals surface area contributed by atoms with Crippen molar-refractivity contribution in [2.45, 2.75) is 6.18 Å². The molecule has 0 radical (unpaired) electrons. The molecule has 8 heteroatoms. The molecular formula is C24H19F3O5. The minimum Gasteiger partial charge on any atom is -0.496 e. The first-order valence-corrected chi connectivity index (χ1v) is 9.34. The van der Waals surface area contributed by atoms with Crippen molar-refractivity contribution in [3.8, 4) is 23.0 Å². The zero-order valence-electron chi connectivity index (χ0n) is 17.1. The summed E-state index contributed by atoms with van der Waals surface area (Å²) in [6, 6.07) is 24.0. The van der Waals surface area contributed by atoms with Gasteiger partial charge in [-0.2, -0.15) is 13.2 Å². The number of aliphatic carboxylic acids is 1. The van der Waals surface area contributed by atoms with Gasteiger partial charge in [0.2, 0.25) is 0 Å². The number of methoxy groups -OCH3 is 2. The molecule has 0 spiro atoms. The van der Waals surface area contributed by atoms with Gasteiger partial charge in [-0.1, -0.05) is 48.5 Å². The molecule has 0 amide bonds. The molecule has 0 aliphatic carbocycles. The number of benzene rings is 4. The molecule has 0 saturated carbocycles. The zero-order chi connectivity index (χ0) is 23.3. The second-order valence-electron chi connectivity index (χ2n) is 6.60. The van der Waals surface area contributed by atoms with E-state index >= 15 is 0 Å². The van der Waals surface area contributed by atoms with E-state index in [-0.39, 0.29) is 0 Å². The molecule has 0 heterocycles. The number of hydrogen-bond donors (Lipinski definition) is 1. The van der Waals surface area contributed by atoms with Crippen LogP contribution in [0.15, 0.2) is 72.8 Å². The molecule has 5 nitrogen and oxygen atoms in total. The van der Waals surface area contributed by atoms with Crippen molar-refractivity contribution in [3.63, 3.8) is 0 Å². The maximum absolute atomic E-state index is 10.6. The van der Waals surface area contributed by atoms with Crippen LogP contribution in [-0.4, -0.2) is 31.5 Å². The summed E-state index contributed by atoms with van der Waals surface area (Å²) in [6.45, 7) is 0. The van der Waals surface area contributed by atoms with Crippen LogP contribution in [0.3, 0.4) is 0 Å². The predicted molar refractivity (Wildman–Crippen MR) is 115 cm³/mol. The lowest BCUT2D eigenvalue weighted by Gasteiger charge is -2.13. The van der Waals surface area contributed by atoms with Gasteiger partial charge in [-0.3, -0.25) is 0 Å². The van der Waals surface area contributed by atoms with Crippen molar-refractivity contribution in [1.82, 2.24) is 0 Å². The van der Waals surface area contributed by atoms with E-state index in [1.54, 1.807) is 14.2 Å². The number of rotatable bonds is 4. The van der Waals surface area contributed by atoms with E-state index in [2.05, 4.69) is 0 Å². The number of carbonyl (C=O) groups is 1. The quantitative estimate of drug-likeness (QED) is 0.393. The van der Waals surface area contributed by atoms with Gasteiger partial charge in [-0.15, -0.1) is 0 Å². The van der Waals surface area contributed by atoms with Crippen LogP contribution >= 0.6 is 0 Å². The van der Waals surface area contributed by atoms with E-state index in [0.29, 0.717) is 0 Å². The standard InChI is InChI=1S/C22H18O3.C2HF3O2/c1-23-21-13-17(11-15-7-3-5-9-19(15)21)25-18-12-16-8-4-6-10-20(16)22(14-18)24-2;3-2(4,5)1(6)7/h3-14H,1-2H3;(H,6,7). The number of carboxylic acid groups (broad SMARTS) is 1. The van der Waals surface area contributed by atoms with Crippen molar-refractivity contribution < 1.29 is 37.3 Å². The van der Waals surface area contributed by atoms with Crippen LogP contribution in [0.2, 0.25) is 0 Å². The summed E-state index contributed by atoms with van der Waals surface area (Å²) in [6.07, 6.45) is -5.08. The van der Waals surface area contributed by atoms with Crippen molar-refractivity contribution in [2.24, 2.45) is 0 Å². The highest BCUT2D eigenvalue weighted by atomic mass is 19.4. The summed E-state index contributed by atoms with van der Waals surface area (Å²) in [5.41, 5.74) is 0. The van der Waals surface area contributed by atoms with E-state index in [4.69, 9.17) is 24.1 Å². The molecule has 0 aliphatic heterocycles. The van der Waals surface area contributed by atoms with Gasteiger partial charge in [0.1, 0.15) is 23.0 Å². The first kappa shape index (κ1) is 22.7.